The van der Waals surface area contributed by atoms with Gasteiger partial charge in [0.1, 0.15) is 0 Å². The van der Waals surface area contributed by atoms with Gasteiger partial charge in [0.05, 0.1) is 11.5 Å². The summed E-state index contributed by atoms with van der Waals surface area (Å²) in [5.41, 5.74) is 0.0581. The molecule has 2 nitrogen and oxygen atoms in total. The third-order valence-corrected chi connectivity index (χ3v) is 2.40. The van der Waals surface area contributed by atoms with E-state index in [9.17, 15) is 0 Å². The molecule has 2 aliphatic rings. The molecule has 2 saturated carbocycles. The topological polar surface area (TPSA) is 35.8 Å². The zero-order chi connectivity index (χ0) is 7.03. The molecule has 2 fully saturated rings. The molecule has 0 aromatic carbocycles. The molecular formula is C8H12N2. The molecule has 0 amide bonds. The van der Waals surface area contributed by atoms with Crippen molar-refractivity contribution >= 4 is 0 Å². The summed E-state index contributed by atoms with van der Waals surface area (Å²) in [6.07, 6.45) is 4.87. The number of nitrogens with zero attached hydrogens (tertiary/aromatic N) is 1. The van der Waals surface area contributed by atoms with Gasteiger partial charge < -0.3 is 5.32 Å². The number of nitriles is 1. The first kappa shape index (κ1) is 6.18. The van der Waals surface area contributed by atoms with Gasteiger partial charge in [0.15, 0.2) is 0 Å². The lowest BCUT2D eigenvalue weighted by molar-refractivity contribution is 0.556. The fourth-order valence-corrected chi connectivity index (χ4v) is 1.11. The average molecular weight is 136 g/mol. The number of nitrogens with one attached hydrogen (secondary N) is 1. The predicted octanol–water partition coefficient (Wildman–Crippen LogP) is 1.04. The third kappa shape index (κ3) is 1.15. The van der Waals surface area contributed by atoms with E-state index in [4.69, 9.17) is 5.26 Å². The van der Waals surface area contributed by atoms with Gasteiger partial charge in [-0.05, 0) is 25.7 Å². The van der Waals surface area contributed by atoms with Crippen LogP contribution in [0.4, 0.5) is 0 Å². The summed E-state index contributed by atoms with van der Waals surface area (Å²) in [6, 6.07) is 3.13. The van der Waals surface area contributed by atoms with Crippen LogP contribution in [0.5, 0.6) is 0 Å². The Morgan fingerprint density at radius 3 is 2.60 bits per heavy atom. The molecular weight excluding hydrogens is 124 g/mol. The van der Waals surface area contributed by atoms with Gasteiger partial charge in [0, 0.05) is 12.6 Å². The van der Waals surface area contributed by atoms with E-state index in [1.165, 1.54) is 12.8 Å². The normalized spacial score (nSPS) is 27.5. The van der Waals surface area contributed by atoms with Crippen LogP contribution in [-0.2, 0) is 0 Å². The molecule has 0 radical (unpaired) electrons. The Hall–Kier alpha value is -0.550. The maximum Gasteiger partial charge on any atom is 0.0703 e. The quantitative estimate of drug-likeness (QED) is 0.629. The van der Waals surface area contributed by atoms with Crippen LogP contribution in [0.3, 0.4) is 0 Å². The minimum absolute atomic E-state index is 0.0581. The van der Waals surface area contributed by atoms with E-state index in [1.54, 1.807) is 0 Å². The zero-order valence-electron chi connectivity index (χ0n) is 6.06. The van der Waals surface area contributed by atoms with E-state index in [1.807, 2.05) is 0 Å². The number of hydrogen-bond donors (Lipinski definition) is 1. The highest BCUT2D eigenvalue weighted by Crippen LogP contribution is 2.44. The van der Waals surface area contributed by atoms with Gasteiger partial charge in [-0.2, -0.15) is 5.26 Å². The van der Waals surface area contributed by atoms with Crippen molar-refractivity contribution in [2.24, 2.45) is 5.41 Å². The minimum atomic E-state index is 0.0581. The summed E-state index contributed by atoms with van der Waals surface area (Å²) in [5.74, 6) is 0. The fourth-order valence-electron chi connectivity index (χ4n) is 1.11. The monoisotopic (exact) mass is 136 g/mol. The molecule has 0 heterocycles. The third-order valence-electron chi connectivity index (χ3n) is 2.40. The van der Waals surface area contributed by atoms with Crippen LogP contribution in [0, 0.1) is 16.7 Å². The fraction of sp³-hybridized carbons (Fsp3) is 0.875. The summed E-state index contributed by atoms with van der Waals surface area (Å²) in [4.78, 5) is 0. The lowest BCUT2D eigenvalue weighted by Crippen LogP contribution is -2.24. The van der Waals surface area contributed by atoms with E-state index in [0.29, 0.717) is 0 Å². The van der Waals surface area contributed by atoms with Crippen LogP contribution < -0.4 is 5.32 Å². The molecule has 54 valence electrons. The van der Waals surface area contributed by atoms with Gasteiger partial charge in [-0.3, -0.25) is 0 Å². The zero-order valence-corrected chi connectivity index (χ0v) is 6.06. The van der Waals surface area contributed by atoms with Crippen molar-refractivity contribution in [3.05, 3.63) is 0 Å². The standard InChI is InChI=1S/C8H12N2/c9-5-8(3-4-8)6-10-7-1-2-7/h7,10H,1-4,6H2. The smallest absolute Gasteiger partial charge is 0.0703 e. The van der Waals surface area contributed by atoms with Gasteiger partial charge in [-0.25, -0.2) is 0 Å². The van der Waals surface area contributed by atoms with Crippen molar-refractivity contribution in [1.29, 1.82) is 5.26 Å². The second-order valence-corrected chi connectivity index (χ2v) is 3.55. The predicted molar refractivity (Wildman–Crippen MR) is 38.3 cm³/mol. The number of hydrogen-bond acceptors (Lipinski definition) is 2. The van der Waals surface area contributed by atoms with Crippen LogP contribution >= 0.6 is 0 Å². The molecule has 0 spiro atoms. The summed E-state index contributed by atoms with van der Waals surface area (Å²) >= 11 is 0. The van der Waals surface area contributed by atoms with Gasteiger partial charge in [-0.1, -0.05) is 0 Å². The van der Waals surface area contributed by atoms with Crippen molar-refractivity contribution in [3.8, 4) is 6.07 Å². The Morgan fingerprint density at radius 2 is 2.20 bits per heavy atom. The Morgan fingerprint density at radius 1 is 1.50 bits per heavy atom. The first-order chi connectivity index (χ1) is 4.85. The van der Waals surface area contributed by atoms with Crippen molar-refractivity contribution < 1.29 is 0 Å². The Balaban J connectivity index is 1.74. The van der Waals surface area contributed by atoms with Crippen molar-refractivity contribution in [2.75, 3.05) is 6.54 Å². The van der Waals surface area contributed by atoms with Crippen LogP contribution in [0.25, 0.3) is 0 Å². The highest BCUT2D eigenvalue weighted by atomic mass is 15.0. The second-order valence-electron chi connectivity index (χ2n) is 3.55. The molecule has 0 aromatic rings. The molecule has 1 N–H and O–H groups in total. The maximum atomic E-state index is 8.70. The van der Waals surface area contributed by atoms with E-state index >= 15 is 0 Å². The van der Waals surface area contributed by atoms with Crippen molar-refractivity contribution in [3.63, 3.8) is 0 Å². The summed E-state index contributed by atoms with van der Waals surface area (Å²) < 4.78 is 0. The molecule has 0 atom stereocenters. The van der Waals surface area contributed by atoms with Crippen LogP contribution in [-0.4, -0.2) is 12.6 Å². The minimum Gasteiger partial charge on any atom is -0.312 e. The van der Waals surface area contributed by atoms with Gasteiger partial charge >= 0.3 is 0 Å². The molecule has 2 rings (SSSR count). The van der Waals surface area contributed by atoms with Crippen LogP contribution in [0.2, 0.25) is 0 Å². The van der Waals surface area contributed by atoms with Crippen molar-refractivity contribution in [2.45, 2.75) is 31.7 Å². The second kappa shape index (κ2) is 1.96. The lowest BCUT2D eigenvalue weighted by Gasteiger charge is -2.04. The van der Waals surface area contributed by atoms with E-state index < -0.39 is 0 Å². The van der Waals surface area contributed by atoms with Crippen molar-refractivity contribution in [1.82, 2.24) is 5.32 Å². The molecule has 0 saturated heterocycles. The van der Waals surface area contributed by atoms with E-state index in [2.05, 4.69) is 11.4 Å². The van der Waals surface area contributed by atoms with E-state index in [0.717, 1.165) is 25.4 Å². The molecule has 0 aliphatic heterocycles. The average Bonchev–Trinajstić information content (AvgIpc) is 2.83. The van der Waals surface area contributed by atoms with Gasteiger partial charge in [0.2, 0.25) is 0 Å². The highest BCUT2D eigenvalue weighted by Gasteiger charge is 2.43. The van der Waals surface area contributed by atoms with Crippen LogP contribution in [0.1, 0.15) is 25.7 Å². The number of rotatable bonds is 3. The Bertz CT molecular complexity index is 172. The van der Waals surface area contributed by atoms with Gasteiger partial charge in [-0.15, -0.1) is 0 Å². The molecule has 0 unspecified atom stereocenters. The first-order valence-electron chi connectivity index (χ1n) is 3.99. The molecule has 2 aliphatic carbocycles. The molecule has 2 heteroatoms. The SMILES string of the molecule is N#CC1(CNC2CC2)CC1. The summed E-state index contributed by atoms with van der Waals surface area (Å²) in [7, 11) is 0. The summed E-state index contributed by atoms with van der Waals surface area (Å²) in [5, 5.41) is 12.1. The largest absolute Gasteiger partial charge is 0.312 e. The maximum absolute atomic E-state index is 8.70. The van der Waals surface area contributed by atoms with E-state index in [-0.39, 0.29) is 5.41 Å². The Labute approximate surface area is 61.2 Å². The Kier molecular flexibility index (Phi) is 1.21. The lowest BCUT2D eigenvalue weighted by atomic mass is 10.1. The molecule has 0 bridgehead atoms. The molecule has 0 aromatic heterocycles. The first-order valence-corrected chi connectivity index (χ1v) is 3.99. The highest BCUT2D eigenvalue weighted by molar-refractivity contribution is 5.11. The summed E-state index contributed by atoms with van der Waals surface area (Å²) in [6.45, 7) is 0.939. The molecule has 10 heavy (non-hydrogen) atoms. The van der Waals surface area contributed by atoms with Crippen LogP contribution in [0.15, 0.2) is 0 Å². The van der Waals surface area contributed by atoms with Gasteiger partial charge in [0.25, 0.3) is 0 Å².